The Morgan fingerprint density at radius 2 is 1.89 bits per heavy atom. The third-order valence-corrected chi connectivity index (χ3v) is 3.25. The molecule has 0 unspecified atom stereocenters. The number of morpholine rings is 1. The van der Waals surface area contributed by atoms with E-state index < -0.39 is 0 Å². The fraction of sp³-hybridized carbons (Fsp3) is 0.500. The van der Waals surface area contributed by atoms with E-state index in [0.717, 1.165) is 0 Å². The van der Waals surface area contributed by atoms with Crippen molar-refractivity contribution < 1.29 is 14.6 Å². The Morgan fingerprint density at radius 1 is 1.32 bits per heavy atom. The van der Waals surface area contributed by atoms with E-state index in [-0.39, 0.29) is 11.7 Å². The third-order valence-electron chi connectivity index (χ3n) is 2.86. The predicted molar refractivity (Wildman–Crippen MR) is 75.9 cm³/mol. The minimum atomic E-state index is -0.120. The van der Waals surface area contributed by atoms with E-state index in [1.807, 2.05) is 13.8 Å². The number of phenols is 1. The van der Waals surface area contributed by atoms with E-state index in [9.17, 15) is 9.90 Å². The van der Waals surface area contributed by atoms with Crippen LogP contribution in [0.1, 0.15) is 29.8 Å². The van der Waals surface area contributed by atoms with Crippen LogP contribution in [0.4, 0.5) is 0 Å². The van der Waals surface area contributed by atoms with Crippen molar-refractivity contribution in [3.05, 3.63) is 28.3 Å². The molecule has 0 aliphatic carbocycles. The number of benzene rings is 1. The predicted octanol–water partition coefficient (Wildman–Crippen LogP) is 2.85. The van der Waals surface area contributed by atoms with Crippen LogP contribution >= 0.6 is 11.6 Å². The summed E-state index contributed by atoms with van der Waals surface area (Å²) in [4.78, 5) is 13.8. The summed E-state index contributed by atoms with van der Waals surface area (Å²) in [7, 11) is 0. The van der Waals surface area contributed by atoms with Gasteiger partial charge < -0.3 is 14.7 Å². The lowest BCUT2D eigenvalue weighted by Crippen LogP contribution is -2.40. The van der Waals surface area contributed by atoms with Crippen LogP contribution in [0.2, 0.25) is 5.02 Å². The van der Waals surface area contributed by atoms with Gasteiger partial charge in [0.1, 0.15) is 5.75 Å². The van der Waals surface area contributed by atoms with Crippen molar-refractivity contribution in [2.24, 2.45) is 0 Å². The Morgan fingerprint density at radius 3 is 2.42 bits per heavy atom. The van der Waals surface area contributed by atoms with Crippen molar-refractivity contribution in [2.75, 3.05) is 26.3 Å². The summed E-state index contributed by atoms with van der Waals surface area (Å²) in [5.74, 6) is -0.0698. The van der Waals surface area contributed by atoms with Crippen molar-refractivity contribution in [1.82, 2.24) is 4.90 Å². The second-order valence-corrected chi connectivity index (χ2v) is 4.41. The zero-order valence-corrected chi connectivity index (χ0v) is 12.3. The molecule has 4 nitrogen and oxygen atoms in total. The average Bonchev–Trinajstić information content (AvgIpc) is 2.46. The summed E-state index contributed by atoms with van der Waals surface area (Å²) >= 11 is 5.95. The highest BCUT2D eigenvalue weighted by atomic mass is 35.5. The number of phenolic OH excluding ortho intramolecular Hbond substituents is 1. The molecular formula is C14H20ClNO3. The van der Waals surface area contributed by atoms with Crippen LogP contribution in [0.15, 0.2) is 12.1 Å². The van der Waals surface area contributed by atoms with Gasteiger partial charge in [-0.1, -0.05) is 25.4 Å². The zero-order chi connectivity index (χ0) is 14.4. The van der Waals surface area contributed by atoms with Gasteiger partial charge in [-0.05, 0) is 19.1 Å². The number of ether oxygens (including phenoxy) is 1. The first kappa shape index (κ1) is 15.8. The number of hydrogen-bond acceptors (Lipinski definition) is 3. The SMILES string of the molecule is CC.Cc1c(O)cc(C(=O)N2CCOCC2)cc1Cl. The molecule has 1 fully saturated rings. The molecule has 0 saturated carbocycles. The topological polar surface area (TPSA) is 49.8 Å². The Bertz CT molecular complexity index is 419. The van der Waals surface area contributed by atoms with Gasteiger partial charge in [0.25, 0.3) is 5.91 Å². The molecule has 0 atom stereocenters. The molecule has 0 aromatic heterocycles. The summed E-state index contributed by atoms with van der Waals surface area (Å²) in [6.07, 6.45) is 0. The number of amides is 1. The molecule has 5 heteroatoms. The molecule has 1 aromatic rings. The molecule has 1 heterocycles. The van der Waals surface area contributed by atoms with Gasteiger partial charge in [0, 0.05) is 29.2 Å². The summed E-state index contributed by atoms with van der Waals surface area (Å²) in [6, 6.07) is 3.05. The van der Waals surface area contributed by atoms with Crippen LogP contribution < -0.4 is 0 Å². The minimum Gasteiger partial charge on any atom is -0.508 e. The van der Waals surface area contributed by atoms with Crippen molar-refractivity contribution in [3.8, 4) is 5.75 Å². The number of hydrogen-bond donors (Lipinski definition) is 1. The van der Waals surface area contributed by atoms with Gasteiger partial charge in [0.05, 0.1) is 13.2 Å². The molecule has 1 amide bonds. The summed E-state index contributed by atoms with van der Waals surface area (Å²) < 4.78 is 5.18. The van der Waals surface area contributed by atoms with Crippen LogP contribution in [0.3, 0.4) is 0 Å². The molecule has 106 valence electrons. The lowest BCUT2D eigenvalue weighted by atomic mass is 10.1. The largest absolute Gasteiger partial charge is 0.508 e. The molecule has 0 bridgehead atoms. The van der Waals surface area contributed by atoms with Crippen molar-refractivity contribution in [1.29, 1.82) is 0 Å². The van der Waals surface area contributed by atoms with E-state index in [0.29, 0.717) is 42.5 Å². The first-order valence-electron chi connectivity index (χ1n) is 6.45. The van der Waals surface area contributed by atoms with E-state index in [1.54, 1.807) is 17.9 Å². The first-order valence-corrected chi connectivity index (χ1v) is 6.83. The smallest absolute Gasteiger partial charge is 0.254 e. The molecule has 0 spiro atoms. The highest BCUT2D eigenvalue weighted by molar-refractivity contribution is 6.32. The van der Waals surface area contributed by atoms with Crippen molar-refractivity contribution in [2.45, 2.75) is 20.8 Å². The highest BCUT2D eigenvalue weighted by Gasteiger charge is 2.20. The van der Waals surface area contributed by atoms with Gasteiger partial charge in [-0.2, -0.15) is 0 Å². The molecular weight excluding hydrogens is 266 g/mol. The molecule has 1 N–H and O–H groups in total. The van der Waals surface area contributed by atoms with Crippen molar-refractivity contribution >= 4 is 17.5 Å². The van der Waals surface area contributed by atoms with Crippen LogP contribution in [-0.4, -0.2) is 42.2 Å². The summed E-state index contributed by atoms with van der Waals surface area (Å²) in [5, 5.41) is 10.1. The number of carbonyl (C=O) groups excluding carboxylic acids is 1. The lowest BCUT2D eigenvalue weighted by molar-refractivity contribution is 0.0302. The molecule has 1 saturated heterocycles. The van der Waals surface area contributed by atoms with Gasteiger partial charge in [0.15, 0.2) is 0 Å². The molecule has 0 radical (unpaired) electrons. The maximum atomic E-state index is 12.1. The third kappa shape index (κ3) is 3.85. The van der Waals surface area contributed by atoms with E-state index in [1.165, 1.54) is 6.07 Å². The normalized spacial score (nSPS) is 14.6. The number of aromatic hydroxyl groups is 1. The van der Waals surface area contributed by atoms with Gasteiger partial charge >= 0.3 is 0 Å². The maximum Gasteiger partial charge on any atom is 0.254 e. The molecule has 1 aliphatic rings. The fourth-order valence-corrected chi connectivity index (χ4v) is 1.95. The van der Waals surface area contributed by atoms with Gasteiger partial charge in [-0.15, -0.1) is 0 Å². The monoisotopic (exact) mass is 285 g/mol. The Hall–Kier alpha value is -1.26. The Kier molecular flexibility index (Phi) is 6.12. The van der Waals surface area contributed by atoms with Crippen LogP contribution in [-0.2, 0) is 4.74 Å². The number of carbonyl (C=O) groups is 1. The van der Waals surface area contributed by atoms with Crippen LogP contribution in [0.25, 0.3) is 0 Å². The summed E-state index contributed by atoms with van der Waals surface area (Å²) in [5.41, 5.74) is 1.00. The molecule has 1 aromatic carbocycles. The van der Waals surface area contributed by atoms with Crippen LogP contribution in [0.5, 0.6) is 5.75 Å². The molecule has 19 heavy (non-hydrogen) atoms. The zero-order valence-electron chi connectivity index (χ0n) is 11.6. The number of nitrogens with zero attached hydrogens (tertiary/aromatic N) is 1. The van der Waals surface area contributed by atoms with E-state index >= 15 is 0 Å². The van der Waals surface area contributed by atoms with E-state index in [2.05, 4.69) is 0 Å². The molecule has 1 aliphatic heterocycles. The van der Waals surface area contributed by atoms with E-state index in [4.69, 9.17) is 16.3 Å². The van der Waals surface area contributed by atoms with Crippen molar-refractivity contribution in [3.63, 3.8) is 0 Å². The standard InChI is InChI=1S/C12H14ClNO3.C2H6/c1-8-10(13)6-9(7-11(8)15)12(16)14-2-4-17-5-3-14;1-2/h6-7,15H,2-5H2,1H3;1-2H3. The van der Waals surface area contributed by atoms with Crippen LogP contribution in [0, 0.1) is 6.92 Å². The number of rotatable bonds is 1. The Labute approximate surface area is 118 Å². The second-order valence-electron chi connectivity index (χ2n) is 4.01. The highest BCUT2D eigenvalue weighted by Crippen LogP contribution is 2.27. The second kappa shape index (κ2) is 7.36. The average molecular weight is 286 g/mol. The Balaban J connectivity index is 0.000000861. The first-order chi connectivity index (χ1) is 9.09. The quantitative estimate of drug-likeness (QED) is 0.863. The molecule has 2 rings (SSSR count). The minimum absolute atomic E-state index is 0.0501. The van der Waals surface area contributed by atoms with Gasteiger partial charge in [-0.3, -0.25) is 4.79 Å². The fourth-order valence-electron chi connectivity index (χ4n) is 1.74. The summed E-state index contributed by atoms with van der Waals surface area (Å²) in [6.45, 7) is 7.96. The maximum absolute atomic E-state index is 12.1. The van der Waals surface area contributed by atoms with Gasteiger partial charge in [0.2, 0.25) is 0 Å². The van der Waals surface area contributed by atoms with Gasteiger partial charge in [-0.25, -0.2) is 0 Å². The lowest BCUT2D eigenvalue weighted by Gasteiger charge is -2.27. The number of halogens is 1.